The largest absolute Gasteiger partial charge is 0.369 e. The van der Waals surface area contributed by atoms with Crippen molar-refractivity contribution in [2.45, 2.75) is 26.3 Å². The maximum absolute atomic E-state index is 12.3. The van der Waals surface area contributed by atoms with Gasteiger partial charge in [0, 0.05) is 12.7 Å². The number of anilines is 1. The molecule has 0 aromatic carbocycles. The number of carbonyl (C=O) groups excluding carboxylic acids is 1. The standard InChI is InChI=1S/C12H17N7O/c1-3-6-13-11-9(5-4-7-14-11)12(20)15-8(2)10-16-18-19-17-10/h4-5,7-8H,3,6H2,1-2H3,(H,13,14)(H,15,20)(H,16,17,18,19). The van der Waals surface area contributed by atoms with Crippen LogP contribution in [0.4, 0.5) is 5.82 Å². The number of aromatic amines is 1. The first-order valence-electron chi connectivity index (χ1n) is 6.45. The van der Waals surface area contributed by atoms with E-state index < -0.39 is 0 Å². The second-order valence-electron chi connectivity index (χ2n) is 4.29. The number of hydrogen-bond donors (Lipinski definition) is 3. The van der Waals surface area contributed by atoms with Crippen LogP contribution in [0.1, 0.15) is 42.5 Å². The lowest BCUT2D eigenvalue weighted by atomic mass is 10.2. The summed E-state index contributed by atoms with van der Waals surface area (Å²) in [4.78, 5) is 16.4. The molecular formula is C12H17N7O. The number of hydrogen-bond acceptors (Lipinski definition) is 6. The van der Waals surface area contributed by atoms with Gasteiger partial charge in [0.05, 0.1) is 11.6 Å². The van der Waals surface area contributed by atoms with E-state index in [1.807, 2.05) is 6.92 Å². The second kappa shape index (κ2) is 6.60. The fraction of sp³-hybridized carbons (Fsp3) is 0.417. The van der Waals surface area contributed by atoms with Gasteiger partial charge in [-0.2, -0.15) is 5.21 Å². The average Bonchev–Trinajstić information content (AvgIpc) is 2.99. The Balaban J connectivity index is 2.09. The van der Waals surface area contributed by atoms with Crippen molar-refractivity contribution in [3.63, 3.8) is 0 Å². The quantitative estimate of drug-likeness (QED) is 0.723. The van der Waals surface area contributed by atoms with Crippen LogP contribution >= 0.6 is 0 Å². The zero-order valence-corrected chi connectivity index (χ0v) is 11.4. The molecule has 0 bridgehead atoms. The van der Waals surface area contributed by atoms with Gasteiger partial charge < -0.3 is 10.6 Å². The van der Waals surface area contributed by atoms with Crippen molar-refractivity contribution in [1.29, 1.82) is 0 Å². The molecule has 0 aliphatic rings. The molecule has 2 heterocycles. The molecule has 0 saturated carbocycles. The van der Waals surface area contributed by atoms with E-state index in [0.29, 0.717) is 17.2 Å². The number of pyridine rings is 1. The molecular weight excluding hydrogens is 258 g/mol. The van der Waals surface area contributed by atoms with Gasteiger partial charge in [0.15, 0.2) is 5.82 Å². The summed E-state index contributed by atoms with van der Waals surface area (Å²) in [6.45, 7) is 4.60. The summed E-state index contributed by atoms with van der Waals surface area (Å²) in [5.74, 6) is 0.784. The number of H-pyrrole nitrogens is 1. The lowest BCUT2D eigenvalue weighted by Crippen LogP contribution is -2.28. The molecule has 0 aliphatic heterocycles. The van der Waals surface area contributed by atoms with Crippen LogP contribution in [-0.4, -0.2) is 38.1 Å². The van der Waals surface area contributed by atoms with E-state index in [0.717, 1.165) is 13.0 Å². The van der Waals surface area contributed by atoms with E-state index in [2.05, 4.69) is 36.2 Å². The average molecular weight is 275 g/mol. The summed E-state index contributed by atoms with van der Waals surface area (Å²) in [6, 6.07) is 3.12. The second-order valence-corrected chi connectivity index (χ2v) is 4.29. The molecule has 2 rings (SSSR count). The first kappa shape index (κ1) is 13.9. The van der Waals surface area contributed by atoms with Gasteiger partial charge in [-0.05, 0) is 25.5 Å². The molecule has 1 amide bonds. The normalized spacial score (nSPS) is 11.9. The van der Waals surface area contributed by atoms with Crippen molar-refractivity contribution in [2.24, 2.45) is 0 Å². The van der Waals surface area contributed by atoms with Crippen molar-refractivity contribution in [2.75, 3.05) is 11.9 Å². The number of nitrogens with zero attached hydrogens (tertiary/aromatic N) is 4. The van der Waals surface area contributed by atoms with Crippen LogP contribution in [0.15, 0.2) is 18.3 Å². The molecule has 3 N–H and O–H groups in total. The molecule has 2 aromatic rings. The molecule has 8 heteroatoms. The first-order valence-corrected chi connectivity index (χ1v) is 6.45. The fourth-order valence-electron chi connectivity index (χ4n) is 1.66. The Morgan fingerprint density at radius 2 is 2.35 bits per heavy atom. The smallest absolute Gasteiger partial charge is 0.255 e. The van der Waals surface area contributed by atoms with E-state index in [1.165, 1.54) is 0 Å². The van der Waals surface area contributed by atoms with Gasteiger partial charge in [0.25, 0.3) is 5.91 Å². The first-order chi connectivity index (χ1) is 9.72. The Morgan fingerprint density at radius 1 is 1.50 bits per heavy atom. The summed E-state index contributed by atoms with van der Waals surface area (Å²) < 4.78 is 0. The summed E-state index contributed by atoms with van der Waals surface area (Å²) in [7, 11) is 0. The SMILES string of the molecule is CCCNc1ncccc1C(=O)NC(C)c1nn[nH]n1. The molecule has 0 fully saturated rings. The monoisotopic (exact) mass is 275 g/mol. The molecule has 0 aliphatic carbocycles. The third-order valence-electron chi connectivity index (χ3n) is 2.69. The zero-order valence-electron chi connectivity index (χ0n) is 11.4. The highest BCUT2D eigenvalue weighted by Crippen LogP contribution is 2.13. The van der Waals surface area contributed by atoms with Gasteiger partial charge >= 0.3 is 0 Å². The highest BCUT2D eigenvalue weighted by Gasteiger charge is 2.17. The van der Waals surface area contributed by atoms with E-state index >= 15 is 0 Å². The summed E-state index contributed by atoms with van der Waals surface area (Å²) in [5, 5.41) is 19.5. The van der Waals surface area contributed by atoms with E-state index in [9.17, 15) is 4.79 Å². The van der Waals surface area contributed by atoms with Crippen LogP contribution in [-0.2, 0) is 0 Å². The number of aromatic nitrogens is 5. The van der Waals surface area contributed by atoms with Gasteiger partial charge in [0.2, 0.25) is 0 Å². The summed E-state index contributed by atoms with van der Waals surface area (Å²) in [5.41, 5.74) is 0.497. The molecule has 106 valence electrons. The Bertz CT molecular complexity index is 555. The van der Waals surface area contributed by atoms with Crippen molar-refractivity contribution < 1.29 is 4.79 Å². The highest BCUT2D eigenvalue weighted by atomic mass is 16.1. The predicted octanol–water partition coefficient (Wildman–Crippen LogP) is 0.908. The molecule has 20 heavy (non-hydrogen) atoms. The van der Waals surface area contributed by atoms with E-state index in [1.54, 1.807) is 25.3 Å². The van der Waals surface area contributed by atoms with Crippen LogP contribution in [0.25, 0.3) is 0 Å². The third-order valence-corrected chi connectivity index (χ3v) is 2.69. The number of nitrogens with one attached hydrogen (secondary N) is 3. The van der Waals surface area contributed by atoms with Crippen LogP contribution < -0.4 is 10.6 Å². The topological polar surface area (TPSA) is 108 Å². The molecule has 8 nitrogen and oxygen atoms in total. The van der Waals surface area contributed by atoms with E-state index in [4.69, 9.17) is 0 Å². The number of rotatable bonds is 6. The van der Waals surface area contributed by atoms with Gasteiger partial charge in [-0.1, -0.05) is 12.1 Å². The molecule has 0 radical (unpaired) electrons. The van der Waals surface area contributed by atoms with Crippen LogP contribution in [0.5, 0.6) is 0 Å². The zero-order chi connectivity index (χ0) is 14.4. The Labute approximate surface area is 116 Å². The van der Waals surface area contributed by atoms with Crippen molar-refractivity contribution >= 4 is 11.7 Å². The van der Waals surface area contributed by atoms with Gasteiger partial charge in [-0.15, -0.1) is 10.2 Å². The predicted molar refractivity (Wildman–Crippen MR) is 73.1 cm³/mol. The number of tetrazole rings is 1. The Hall–Kier alpha value is -2.51. The highest BCUT2D eigenvalue weighted by molar-refractivity contribution is 5.98. The van der Waals surface area contributed by atoms with Crippen molar-refractivity contribution in [1.82, 2.24) is 30.9 Å². The fourth-order valence-corrected chi connectivity index (χ4v) is 1.66. The minimum absolute atomic E-state index is 0.228. The third kappa shape index (κ3) is 3.28. The lowest BCUT2D eigenvalue weighted by Gasteiger charge is -2.13. The van der Waals surface area contributed by atoms with Gasteiger partial charge in [-0.3, -0.25) is 4.79 Å². The maximum Gasteiger partial charge on any atom is 0.255 e. The summed E-state index contributed by atoms with van der Waals surface area (Å²) in [6.07, 6.45) is 2.61. The van der Waals surface area contributed by atoms with Gasteiger partial charge in [0.1, 0.15) is 5.82 Å². The van der Waals surface area contributed by atoms with Crippen LogP contribution in [0.2, 0.25) is 0 Å². The summed E-state index contributed by atoms with van der Waals surface area (Å²) >= 11 is 0. The van der Waals surface area contributed by atoms with Gasteiger partial charge in [-0.25, -0.2) is 4.98 Å². The Morgan fingerprint density at radius 3 is 3.05 bits per heavy atom. The minimum Gasteiger partial charge on any atom is -0.369 e. The van der Waals surface area contributed by atoms with E-state index in [-0.39, 0.29) is 11.9 Å². The molecule has 1 atom stereocenters. The molecule has 0 saturated heterocycles. The number of amides is 1. The van der Waals surface area contributed by atoms with Crippen molar-refractivity contribution in [3.05, 3.63) is 29.7 Å². The molecule has 2 aromatic heterocycles. The minimum atomic E-state index is -0.333. The van der Waals surface area contributed by atoms with Crippen molar-refractivity contribution in [3.8, 4) is 0 Å². The number of carbonyl (C=O) groups is 1. The molecule has 1 unspecified atom stereocenters. The lowest BCUT2D eigenvalue weighted by molar-refractivity contribution is 0.0939. The molecule has 0 spiro atoms. The Kier molecular flexibility index (Phi) is 4.59. The van der Waals surface area contributed by atoms with Crippen LogP contribution in [0, 0.1) is 0 Å². The van der Waals surface area contributed by atoms with Crippen LogP contribution in [0.3, 0.4) is 0 Å². The maximum atomic E-state index is 12.3.